The fourth-order valence-electron chi connectivity index (χ4n) is 4.28. The summed E-state index contributed by atoms with van der Waals surface area (Å²) >= 11 is 0. The summed E-state index contributed by atoms with van der Waals surface area (Å²) in [4.78, 5) is 0. The van der Waals surface area contributed by atoms with Gasteiger partial charge in [-0.05, 0) is 55.4 Å². The standard InChI is InChI=1S/8C7H8.16CH4O.CH4/c8*1-7-5-3-2-4-6-7;16*1-2;/h8*2-6H,1H3;16*2H,1H3;1H4. The second-order valence-corrected chi connectivity index (χ2v) is 13.2. The first-order chi connectivity index (χ1) is 43.2. The van der Waals surface area contributed by atoms with Crippen LogP contribution >= 0.6 is 0 Å². The first-order valence-electron chi connectivity index (χ1n) is 26.4. The van der Waals surface area contributed by atoms with Crippen molar-refractivity contribution in [1.82, 2.24) is 0 Å². The van der Waals surface area contributed by atoms with Crippen molar-refractivity contribution in [2.45, 2.75) is 62.8 Å². The number of hydrogen-bond donors (Lipinski definition) is 16. The molecule has 0 amide bonds. The molecule has 0 aliphatic rings. The average Bonchev–Trinajstić information content (AvgIpc) is 3.64. The van der Waals surface area contributed by atoms with Gasteiger partial charge in [0.05, 0.1) is 0 Å². The molecule has 0 bridgehead atoms. The zero-order chi connectivity index (χ0) is 72.9. The van der Waals surface area contributed by atoms with Gasteiger partial charge in [-0.1, -0.05) is 295 Å². The number of aliphatic hydroxyl groups is 16. The summed E-state index contributed by atoms with van der Waals surface area (Å²) in [5, 5.41) is 112. The zero-order valence-electron chi connectivity index (χ0n) is 58.2. The van der Waals surface area contributed by atoms with Crippen molar-refractivity contribution in [3.8, 4) is 0 Å². The summed E-state index contributed by atoms with van der Waals surface area (Å²) in [7, 11) is 16.0. The van der Waals surface area contributed by atoms with Gasteiger partial charge in [0.15, 0.2) is 0 Å². The summed E-state index contributed by atoms with van der Waals surface area (Å²) in [5.74, 6) is 0. The van der Waals surface area contributed by atoms with Crippen molar-refractivity contribution in [2.75, 3.05) is 114 Å². The Morgan fingerprint density at radius 2 is 0.157 bits per heavy atom. The average molecular weight is 1270 g/mol. The third-order valence-electron chi connectivity index (χ3n) is 7.52. The minimum Gasteiger partial charge on any atom is -0.400 e. The Morgan fingerprint density at radius 3 is 0.180 bits per heavy atom. The van der Waals surface area contributed by atoms with Gasteiger partial charge in [0.1, 0.15) is 0 Å². The molecule has 0 aliphatic heterocycles. The summed E-state index contributed by atoms with van der Waals surface area (Å²) in [6, 6.07) is 82.1. The normalized spacial score (nSPS) is 6.56. The van der Waals surface area contributed by atoms with E-state index in [1.807, 2.05) is 146 Å². The second kappa shape index (κ2) is 160. The molecule has 0 aromatic heterocycles. The van der Waals surface area contributed by atoms with Crippen molar-refractivity contribution in [1.29, 1.82) is 0 Å². The van der Waals surface area contributed by atoms with Crippen LogP contribution in [0.5, 0.6) is 0 Å². The molecule has 8 rings (SSSR count). The van der Waals surface area contributed by atoms with E-state index in [0.717, 1.165) is 114 Å². The molecular formula is C73H132O16. The topological polar surface area (TPSA) is 324 Å². The third kappa shape index (κ3) is 156. The van der Waals surface area contributed by atoms with E-state index in [2.05, 4.69) is 152 Å². The van der Waals surface area contributed by atoms with Crippen LogP contribution in [0.15, 0.2) is 243 Å². The molecule has 0 spiro atoms. The number of hydrogen-bond acceptors (Lipinski definition) is 16. The van der Waals surface area contributed by atoms with Crippen molar-refractivity contribution in [3.63, 3.8) is 0 Å². The maximum atomic E-state index is 7.00. The molecule has 0 saturated carbocycles. The number of rotatable bonds is 0. The summed E-state index contributed by atoms with van der Waals surface area (Å²) < 4.78 is 0. The van der Waals surface area contributed by atoms with Gasteiger partial charge < -0.3 is 81.7 Å². The lowest BCUT2D eigenvalue weighted by molar-refractivity contribution is 0.399. The van der Waals surface area contributed by atoms with Crippen LogP contribution in [-0.4, -0.2) is 195 Å². The largest absolute Gasteiger partial charge is 0.400 e. The van der Waals surface area contributed by atoms with Crippen molar-refractivity contribution >= 4 is 0 Å². The highest BCUT2D eigenvalue weighted by Gasteiger charge is 1.76. The molecule has 520 valence electrons. The number of aryl methyl sites for hydroxylation is 8. The first kappa shape index (κ1) is 127. The molecule has 8 aromatic rings. The van der Waals surface area contributed by atoms with Crippen LogP contribution in [0.25, 0.3) is 0 Å². The van der Waals surface area contributed by atoms with Crippen LogP contribution < -0.4 is 0 Å². The summed E-state index contributed by atoms with van der Waals surface area (Å²) in [6.45, 7) is 16.7. The molecule has 8 aromatic carbocycles. The smallest absolute Gasteiger partial charge is 0.0319 e. The highest BCUT2D eigenvalue weighted by atomic mass is 16.3. The fraction of sp³-hybridized carbons (Fsp3) is 0.342. The molecule has 0 atom stereocenters. The van der Waals surface area contributed by atoms with Crippen LogP contribution in [-0.2, 0) is 0 Å². The zero-order valence-corrected chi connectivity index (χ0v) is 58.2. The SMILES string of the molecule is C.CO.CO.CO.CO.CO.CO.CO.CO.CO.CO.CO.CO.CO.CO.CO.CO.Cc1ccccc1.Cc1ccccc1.Cc1ccccc1.Cc1ccccc1.Cc1ccccc1.Cc1ccccc1.Cc1ccccc1.Cc1ccccc1. The number of aliphatic hydroxyl groups excluding tert-OH is 16. The Morgan fingerprint density at radius 1 is 0.112 bits per heavy atom. The Kier molecular flexibility index (Phi) is 229. The van der Waals surface area contributed by atoms with E-state index in [1.165, 1.54) is 44.5 Å². The minimum atomic E-state index is 0. The van der Waals surface area contributed by atoms with Gasteiger partial charge in [0.25, 0.3) is 0 Å². The van der Waals surface area contributed by atoms with Gasteiger partial charge in [-0.15, -0.1) is 0 Å². The van der Waals surface area contributed by atoms with Crippen LogP contribution in [0.4, 0.5) is 0 Å². The van der Waals surface area contributed by atoms with Crippen molar-refractivity contribution in [3.05, 3.63) is 287 Å². The maximum absolute atomic E-state index is 7.00. The highest BCUT2D eigenvalue weighted by molar-refractivity contribution is 5.16. The molecule has 0 heterocycles. The van der Waals surface area contributed by atoms with Gasteiger partial charge in [0.2, 0.25) is 0 Å². The Balaban J connectivity index is -0.0000000416. The molecule has 0 radical (unpaired) electrons. The monoisotopic (exact) mass is 1260 g/mol. The molecule has 16 nitrogen and oxygen atoms in total. The fourth-order valence-corrected chi connectivity index (χ4v) is 4.28. The van der Waals surface area contributed by atoms with Crippen molar-refractivity contribution in [2.24, 2.45) is 0 Å². The van der Waals surface area contributed by atoms with E-state index in [-0.39, 0.29) is 7.43 Å². The second-order valence-electron chi connectivity index (χ2n) is 13.2. The lowest BCUT2D eigenvalue weighted by Gasteiger charge is -1.82. The lowest BCUT2D eigenvalue weighted by atomic mass is 10.2. The molecule has 0 aliphatic carbocycles. The summed E-state index contributed by atoms with van der Waals surface area (Å²) in [5.41, 5.74) is 10.6. The maximum Gasteiger partial charge on any atom is 0.0319 e. The predicted octanol–water partition coefficient (Wildman–Crippen LogP) is 10.3. The molecular weight excluding hydrogens is 1130 g/mol. The lowest BCUT2D eigenvalue weighted by Crippen LogP contribution is -1.62. The van der Waals surface area contributed by atoms with E-state index in [4.69, 9.17) is 81.7 Å². The van der Waals surface area contributed by atoms with Gasteiger partial charge in [-0.2, -0.15) is 0 Å². The molecule has 0 saturated heterocycles. The van der Waals surface area contributed by atoms with Gasteiger partial charge >= 0.3 is 0 Å². The van der Waals surface area contributed by atoms with Gasteiger partial charge in [0, 0.05) is 114 Å². The summed E-state index contributed by atoms with van der Waals surface area (Å²) in [6.07, 6.45) is 0. The molecule has 16 N–H and O–H groups in total. The van der Waals surface area contributed by atoms with E-state index in [1.54, 1.807) is 0 Å². The highest BCUT2D eigenvalue weighted by Crippen LogP contribution is 1.96. The van der Waals surface area contributed by atoms with E-state index < -0.39 is 0 Å². The van der Waals surface area contributed by atoms with Crippen LogP contribution in [0, 0.1) is 55.4 Å². The van der Waals surface area contributed by atoms with E-state index >= 15 is 0 Å². The molecule has 0 unspecified atom stereocenters. The third-order valence-corrected chi connectivity index (χ3v) is 7.52. The van der Waals surface area contributed by atoms with E-state index in [0.29, 0.717) is 0 Å². The Bertz CT molecular complexity index is 1550. The predicted molar refractivity (Wildman–Crippen MR) is 386 cm³/mol. The molecule has 0 fully saturated rings. The first-order valence-corrected chi connectivity index (χ1v) is 26.4. The minimum absolute atomic E-state index is 0. The number of benzene rings is 8. The van der Waals surface area contributed by atoms with Crippen LogP contribution in [0.2, 0.25) is 0 Å². The van der Waals surface area contributed by atoms with Crippen molar-refractivity contribution < 1.29 is 81.7 Å². The quantitative estimate of drug-likeness (QED) is 0.0671. The van der Waals surface area contributed by atoms with Gasteiger partial charge in [-0.25, -0.2) is 0 Å². The van der Waals surface area contributed by atoms with Gasteiger partial charge in [-0.3, -0.25) is 0 Å². The Hall–Kier alpha value is -6.88. The van der Waals surface area contributed by atoms with E-state index in [9.17, 15) is 0 Å². The van der Waals surface area contributed by atoms with Crippen LogP contribution in [0.1, 0.15) is 51.9 Å². The van der Waals surface area contributed by atoms with Crippen LogP contribution in [0.3, 0.4) is 0 Å². The molecule has 16 heteroatoms. The Labute approximate surface area is 543 Å². The molecule has 89 heavy (non-hydrogen) atoms.